The summed E-state index contributed by atoms with van der Waals surface area (Å²) in [7, 11) is 2.10. The topological polar surface area (TPSA) is 61.6 Å². The summed E-state index contributed by atoms with van der Waals surface area (Å²) in [6.07, 6.45) is 0. The van der Waals surface area contributed by atoms with Crippen molar-refractivity contribution in [3.63, 3.8) is 0 Å². The van der Waals surface area contributed by atoms with E-state index in [-0.39, 0.29) is 5.91 Å². The van der Waals surface area contributed by atoms with Crippen molar-refractivity contribution in [2.75, 3.05) is 37.7 Å². The first-order valence-corrected chi connectivity index (χ1v) is 7.16. The van der Waals surface area contributed by atoms with Crippen LogP contribution in [0.15, 0.2) is 18.2 Å². The molecule has 0 saturated carbocycles. The molecule has 0 radical (unpaired) electrons. The SMILES string of the molecule is CC1CN(CC(=O)Nc2cc(F)ccc2N)CC(C)N1C. The maximum atomic E-state index is 13.2. The highest BCUT2D eigenvalue weighted by atomic mass is 19.1. The number of hydrogen-bond acceptors (Lipinski definition) is 4. The number of nitrogens with zero attached hydrogens (tertiary/aromatic N) is 2. The number of carbonyl (C=O) groups is 1. The Morgan fingerprint density at radius 1 is 1.38 bits per heavy atom. The van der Waals surface area contributed by atoms with E-state index in [4.69, 9.17) is 5.73 Å². The van der Waals surface area contributed by atoms with Crippen molar-refractivity contribution in [3.05, 3.63) is 24.0 Å². The minimum absolute atomic E-state index is 0.170. The molecule has 2 unspecified atom stereocenters. The third-order valence-electron chi connectivity index (χ3n) is 4.09. The fraction of sp³-hybridized carbons (Fsp3) is 0.533. The molecule has 1 fully saturated rings. The lowest BCUT2D eigenvalue weighted by Crippen LogP contribution is -2.56. The van der Waals surface area contributed by atoms with Crippen LogP contribution in [0.1, 0.15) is 13.8 Å². The zero-order valence-electron chi connectivity index (χ0n) is 12.8. The Kier molecular flexibility index (Phi) is 4.80. The van der Waals surface area contributed by atoms with Gasteiger partial charge in [-0.1, -0.05) is 0 Å². The zero-order valence-corrected chi connectivity index (χ0v) is 12.8. The molecule has 1 aromatic carbocycles. The van der Waals surface area contributed by atoms with Crippen LogP contribution in [0.5, 0.6) is 0 Å². The molecule has 0 aromatic heterocycles. The number of benzene rings is 1. The van der Waals surface area contributed by atoms with Crippen LogP contribution in [-0.2, 0) is 4.79 Å². The molecule has 1 aliphatic rings. The molecule has 116 valence electrons. The maximum absolute atomic E-state index is 13.2. The van der Waals surface area contributed by atoms with Gasteiger partial charge in [-0.05, 0) is 39.1 Å². The molecule has 3 N–H and O–H groups in total. The lowest BCUT2D eigenvalue weighted by Gasteiger charge is -2.42. The van der Waals surface area contributed by atoms with Crippen LogP contribution in [0.4, 0.5) is 15.8 Å². The van der Waals surface area contributed by atoms with Gasteiger partial charge in [-0.25, -0.2) is 4.39 Å². The Balaban J connectivity index is 1.94. The molecule has 1 amide bonds. The van der Waals surface area contributed by atoms with Crippen LogP contribution in [0.2, 0.25) is 0 Å². The number of carbonyl (C=O) groups excluding carboxylic acids is 1. The minimum atomic E-state index is -0.415. The van der Waals surface area contributed by atoms with E-state index in [1.807, 2.05) is 0 Å². The van der Waals surface area contributed by atoms with Gasteiger partial charge in [0.05, 0.1) is 17.9 Å². The number of nitrogens with two attached hydrogens (primary N) is 1. The van der Waals surface area contributed by atoms with Crippen molar-refractivity contribution in [3.8, 4) is 0 Å². The Hall–Kier alpha value is -1.66. The van der Waals surface area contributed by atoms with Crippen molar-refractivity contribution in [2.45, 2.75) is 25.9 Å². The first kappa shape index (κ1) is 15.7. The van der Waals surface area contributed by atoms with Gasteiger partial charge in [0.1, 0.15) is 5.82 Å². The third kappa shape index (κ3) is 3.92. The zero-order chi connectivity index (χ0) is 15.6. The summed E-state index contributed by atoms with van der Waals surface area (Å²) in [5.74, 6) is -0.586. The molecule has 1 aromatic rings. The maximum Gasteiger partial charge on any atom is 0.238 e. The summed E-state index contributed by atoms with van der Waals surface area (Å²) < 4.78 is 13.2. The normalized spacial score (nSPS) is 24.0. The second-order valence-electron chi connectivity index (χ2n) is 5.84. The second-order valence-corrected chi connectivity index (χ2v) is 5.84. The Bertz CT molecular complexity index is 510. The predicted octanol–water partition coefficient (Wildman–Crippen LogP) is 1.37. The standard InChI is InChI=1S/C15H23FN4O/c1-10-7-20(8-11(2)19(10)3)9-15(21)18-14-6-12(16)4-5-13(14)17/h4-6,10-11H,7-9,17H2,1-3H3,(H,18,21). The largest absolute Gasteiger partial charge is 0.397 e. The Morgan fingerprint density at radius 3 is 2.62 bits per heavy atom. The van der Waals surface area contributed by atoms with Gasteiger partial charge in [0.15, 0.2) is 0 Å². The molecule has 1 saturated heterocycles. The minimum Gasteiger partial charge on any atom is -0.397 e. The number of nitrogens with one attached hydrogen (secondary N) is 1. The van der Waals surface area contributed by atoms with Crippen molar-refractivity contribution >= 4 is 17.3 Å². The average Bonchev–Trinajstić information content (AvgIpc) is 2.40. The molecule has 2 atom stereocenters. The van der Waals surface area contributed by atoms with Gasteiger partial charge < -0.3 is 11.1 Å². The van der Waals surface area contributed by atoms with Gasteiger partial charge >= 0.3 is 0 Å². The summed E-state index contributed by atoms with van der Waals surface area (Å²) in [4.78, 5) is 16.5. The molecule has 6 heteroatoms. The van der Waals surface area contributed by atoms with E-state index in [2.05, 4.69) is 36.0 Å². The number of nitrogen functional groups attached to an aromatic ring is 1. The van der Waals surface area contributed by atoms with Crippen LogP contribution in [0.3, 0.4) is 0 Å². The summed E-state index contributed by atoms with van der Waals surface area (Å²) in [5, 5.41) is 2.68. The highest BCUT2D eigenvalue weighted by Gasteiger charge is 2.27. The molecular formula is C15H23FN4O. The number of piperazine rings is 1. The van der Waals surface area contributed by atoms with Crippen LogP contribution < -0.4 is 11.1 Å². The quantitative estimate of drug-likeness (QED) is 0.827. The number of hydrogen-bond donors (Lipinski definition) is 2. The first-order valence-electron chi connectivity index (χ1n) is 7.16. The van der Waals surface area contributed by atoms with E-state index in [1.54, 1.807) is 0 Å². The molecule has 21 heavy (non-hydrogen) atoms. The highest BCUT2D eigenvalue weighted by Crippen LogP contribution is 2.19. The number of likely N-dealkylation sites (N-methyl/N-ethyl adjacent to an activating group) is 1. The molecule has 0 spiro atoms. The molecule has 5 nitrogen and oxygen atoms in total. The number of halogens is 1. The van der Waals surface area contributed by atoms with Crippen molar-refractivity contribution in [1.82, 2.24) is 9.80 Å². The third-order valence-corrected chi connectivity index (χ3v) is 4.09. The fourth-order valence-corrected chi connectivity index (χ4v) is 2.67. The van der Waals surface area contributed by atoms with Gasteiger partial charge in [-0.15, -0.1) is 0 Å². The Morgan fingerprint density at radius 2 is 2.00 bits per heavy atom. The van der Waals surface area contributed by atoms with Crippen LogP contribution in [-0.4, -0.2) is 54.5 Å². The van der Waals surface area contributed by atoms with Gasteiger partial charge in [0.25, 0.3) is 0 Å². The van der Waals surface area contributed by atoms with Gasteiger partial charge in [0, 0.05) is 25.2 Å². The van der Waals surface area contributed by atoms with E-state index in [0.717, 1.165) is 13.1 Å². The summed E-state index contributed by atoms with van der Waals surface area (Å²) in [5.41, 5.74) is 6.43. The van der Waals surface area contributed by atoms with E-state index < -0.39 is 5.82 Å². The summed E-state index contributed by atoms with van der Waals surface area (Å²) in [6.45, 7) is 6.26. The van der Waals surface area contributed by atoms with Crippen LogP contribution in [0.25, 0.3) is 0 Å². The highest BCUT2D eigenvalue weighted by molar-refractivity contribution is 5.95. The lowest BCUT2D eigenvalue weighted by atomic mass is 10.1. The monoisotopic (exact) mass is 294 g/mol. The van der Waals surface area contributed by atoms with Gasteiger partial charge in [0.2, 0.25) is 5.91 Å². The van der Waals surface area contributed by atoms with E-state index in [1.165, 1.54) is 18.2 Å². The average molecular weight is 294 g/mol. The Labute approximate surface area is 124 Å². The van der Waals surface area contributed by atoms with Crippen LogP contribution >= 0.6 is 0 Å². The van der Waals surface area contributed by atoms with Crippen LogP contribution in [0, 0.1) is 5.82 Å². The predicted molar refractivity (Wildman–Crippen MR) is 82.6 cm³/mol. The van der Waals surface area contributed by atoms with Crippen molar-refractivity contribution in [2.24, 2.45) is 0 Å². The lowest BCUT2D eigenvalue weighted by molar-refractivity contribution is -0.118. The molecule has 2 rings (SSSR count). The smallest absolute Gasteiger partial charge is 0.238 e. The van der Waals surface area contributed by atoms with E-state index in [0.29, 0.717) is 30.0 Å². The molecule has 1 aliphatic heterocycles. The first-order chi connectivity index (χ1) is 9.86. The molecular weight excluding hydrogens is 271 g/mol. The number of rotatable bonds is 3. The number of amides is 1. The van der Waals surface area contributed by atoms with E-state index >= 15 is 0 Å². The van der Waals surface area contributed by atoms with Crippen molar-refractivity contribution < 1.29 is 9.18 Å². The van der Waals surface area contributed by atoms with Gasteiger partial charge in [-0.2, -0.15) is 0 Å². The summed E-state index contributed by atoms with van der Waals surface area (Å²) >= 11 is 0. The van der Waals surface area contributed by atoms with Gasteiger partial charge in [-0.3, -0.25) is 14.6 Å². The van der Waals surface area contributed by atoms with E-state index in [9.17, 15) is 9.18 Å². The molecule has 1 heterocycles. The van der Waals surface area contributed by atoms with Crippen molar-refractivity contribution in [1.29, 1.82) is 0 Å². The fourth-order valence-electron chi connectivity index (χ4n) is 2.67. The number of anilines is 2. The molecule has 0 aliphatic carbocycles. The molecule has 0 bridgehead atoms. The summed E-state index contributed by atoms with van der Waals surface area (Å²) in [6, 6.07) is 4.77. The second kappa shape index (κ2) is 6.41.